The molecule has 186 valence electrons. The van der Waals surface area contributed by atoms with Crippen LogP contribution in [0.1, 0.15) is 54.7 Å². The van der Waals surface area contributed by atoms with Crippen molar-refractivity contribution in [2.24, 2.45) is 7.05 Å². The molecule has 0 radical (unpaired) electrons. The smallest absolute Gasteiger partial charge is 0.364 e. The fraction of sp³-hybridized carbons (Fsp3) is 0.480. The maximum Gasteiger partial charge on any atom is 0.416 e. The molecule has 0 spiro atoms. The number of hydrogen-bond donors (Lipinski definition) is 1. The maximum absolute atomic E-state index is 14.2. The van der Waals surface area contributed by atoms with Crippen molar-refractivity contribution >= 4 is 22.5 Å². The summed E-state index contributed by atoms with van der Waals surface area (Å²) in [7, 11) is 3.43. The van der Waals surface area contributed by atoms with E-state index in [-0.39, 0.29) is 16.7 Å². The monoisotopic (exact) mass is 489 g/mol. The SMILES string of the molecule is Cc1nc(N[C@H](C)c2cccc(C(F)(F)F)c2C)c2cc(N(C)C34CC(F)(C3)C4)c(=O)n(C)c2n1. The van der Waals surface area contributed by atoms with Gasteiger partial charge in [0.15, 0.2) is 0 Å². The number of fused-ring (bicyclic) bond motifs is 1. The number of aromatic nitrogens is 3. The van der Waals surface area contributed by atoms with Crippen molar-refractivity contribution in [2.45, 2.75) is 63.5 Å². The van der Waals surface area contributed by atoms with Gasteiger partial charge in [0.1, 0.15) is 28.6 Å². The number of hydrogen-bond acceptors (Lipinski definition) is 5. The Bertz CT molecular complexity index is 1390. The third kappa shape index (κ3) is 3.56. The number of nitrogens with one attached hydrogen (secondary N) is 1. The first-order chi connectivity index (χ1) is 16.2. The highest BCUT2D eigenvalue weighted by atomic mass is 19.4. The van der Waals surface area contributed by atoms with Crippen LogP contribution in [0.25, 0.3) is 11.0 Å². The van der Waals surface area contributed by atoms with E-state index >= 15 is 0 Å². The Kier molecular flexibility index (Phi) is 4.99. The van der Waals surface area contributed by atoms with E-state index in [4.69, 9.17) is 0 Å². The molecule has 2 bridgehead atoms. The minimum absolute atomic E-state index is 0.145. The Morgan fingerprint density at radius 3 is 2.43 bits per heavy atom. The Labute approximate surface area is 200 Å². The van der Waals surface area contributed by atoms with Gasteiger partial charge in [-0.2, -0.15) is 13.2 Å². The summed E-state index contributed by atoms with van der Waals surface area (Å²) in [6, 6.07) is 5.32. The van der Waals surface area contributed by atoms with Crippen molar-refractivity contribution in [1.82, 2.24) is 14.5 Å². The molecule has 3 fully saturated rings. The van der Waals surface area contributed by atoms with Gasteiger partial charge < -0.3 is 10.2 Å². The second kappa shape index (κ2) is 7.41. The molecule has 35 heavy (non-hydrogen) atoms. The van der Waals surface area contributed by atoms with Crippen molar-refractivity contribution < 1.29 is 17.6 Å². The van der Waals surface area contributed by atoms with Gasteiger partial charge in [-0.05, 0) is 44.0 Å². The Morgan fingerprint density at radius 1 is 1.17 bits per heavy atom. The summed E-state index contributed by atoms with van der Waals surface area (Å²) in [5.74, 6) is 0.837. The Morgan fingerprint density at radius 2 is 1.83 bits per heavy atom. The van der Waals surface area contributed by atoms with Crippen molar-refractivity contribution in [2.75, 3.05) is 17.3 Å². The molecule has 0 amide bonds. The van der Waals surface area contributed by atoms with E-state index in [2.05, 4.69) is 15.3 Å². The molecule has 2 aromatic heterocycles. The lowest BCUT2D eigenvalue weighted by atomic mass is 9.46. The van der Waals surface area contributed by atoms with Gasteiger partial charge >= 0.3 is 6.18 Å². The van der Waals surface area contributed by atoms with Gasteiger partial charge in [-0.15, -0.1) is 0 Å². The molecule has 2 heterocycles. The second-order valence-corrected chi connectivity index (χ2v) is 10.1. The van der Waals surface area contributed by atoms with E-state index in [9.17, 15) is 22.4 Å². The summed E-state index contributed by atoms with van der Waals surface area (Å²) in [6.45, 7) is 4.92. The molecule has 3 aromatic rings. The summed E-state index contributed by atoms with van der Waals surface area (Å²) < 4.78 is 55.9. The fourth-order valence-corrected chi connectivity index (χ4v) is 5.71. The number of aryl methyl sites for hydroxylation is 2. The lowest BCUT2D eigenvalue weighted by molar-refractivity contribution is -0.150. The van der Waals surface area contributed by atoms with Gasteiger partial charge in [-0.1, -0.05) is 12.1 Å². The first-order valence-corrected chi connectivity index (χ1v) is 11.5. The highest BCUT2D eigenvalue weighted by molar-refractivity contribution is 5.89. The highest BCUT2D eigenvalue weighted by Crippen LogP contribution is 2.65. The van der Waals surface area contributed by atoms with Gasteiger partial charge in [-0.25, -0.2) is 14.4 Å². The molecule has 6 rings (SSSR count). The number of anilines is 2. The summed E-state index contributed by atoms with van der Waals surface area (Å²) in [4.78, 5) is 24.0. The molecule has 0 saturated heterocycles. The molecule has 0 unspecified atom stereocenters. The lowest BCUT2D eigenvalue weighted by Gasteiger charge is -2.69. The summed E-state index contributed by atoms with van der Waals surface area (Å²) in [5, 5.41) is 3.81. The number of nitrogens with zero attached hydrogens (tertiary/aromatic N) is 4. The van der Waals surface area contributed by atoms with Crippen molar-refractivity contribution in [3.63, 3.8) is 0 Å². The topological polar surface area (TPSA) is 63.1 Å². The van der Waals surface area contributed by atoms with E-state index in [1.165, 1.54) is 17.6 Å². The standard InChI is InChI=1S/C25H27F4N5O/c1-13-16(7-6-8-18(13)25(27,28)29)14(2)30-20-17-9-19(34(5)24-10-23(26,11-24)12-24)22(35)33(4)21(17)32-15(3)31-20/h6-9,14H,10-12H2,1-5H3,(H,30,31,32)/t14-,23?,24?/m1/s1. The summed E-state index contributed by atoms with van der Waals surface area (Å²) in [5.41, 5.74) is -0.918. The van der Waals surface area contributed by atoms with Crippen molar-refractivity contribution in [3.8, 4) is 0 Å². The lowest BCUT2D eigenvalue weighted by Crippen LogP contribution is -2.76. The maximum atomic E-state index is 14.2. The van der Waals surface area contributed by atoms with E-state index in [1.54, 1.807) is 40.1 Å². The molecule has 3 aliphatic carbocycles. The summed E-state index contributed by atoms with van der Waals surface area (Å²) >= 11 is 0. The zero-order valence-corrected chi connectivity index (χ0v) is 20.2. The van der Waals surface area contributed by atoms with Crippen LogP contribution in [0.2, 0.25) is 0 Å². The molecular weight excluding hydrogens is 462 g/mol. The molecule has 1 atom stereocenters. The first-order valence-electron chi connectivity index (χ1n) is 11.5. The first kappa shape index (κ1) is 23.6. The Hall–Kier alpha value is -3.17. The van der Waals surface area contributed by atoms with Crippen LogP contribution in [0, 0.1) is 13.8 Å². The number of halogens is 4. The molecule has 6 nitrogen and oxygen atoms in total. The third-order valence-electron chi connectivity index (χ3n) is 7.67. The van der Waals surface area contributed by atoms with E-state index in [0.29, 0.717) is 53.2 Å². The number of alkyl halides is 4. The predicted octanol–water partition coefficient (Wildman–Crippen LogP) is 5.22. The summed E-state index contributed by atoms with van der Waals surface area (Å²) in [6.07, 6.45) is -3.24. The van der Waals surface area contributed by atoms with Crippen LogP contribution in [-0.4, -0.2) is 32.8 Å². The normalized spacial score (nSPS) is 24.0. The molecule has 10 heteroatoms. The van der Waals surface area contributed by atoms with Crippen LogP contribution in [0.3, 0.4) is 0 Å². The number of rotatable bonds is 5. The van der Waals surface area contributed by atoms with Crippen LogP contribution < -0.4 is 15.8 Å². The second-order valence-electron chi connectivity index (χ2n) is 10.1. The number of pyridine rings is 1. The third-order valence-corrected chi connectivity index (χ3v) is 7.67. The average Bonchev–Trinajstić information content (AvgIpc) is 2.72. The predicted molar refractivity (Wildman–Crippen MR) is 127 cm³/mol. The van der Waals surface area contributed by atoms with Crippen LogP contribution in [0.5, 0.6) is 0 Å². The van der Waals surface area contributed by atoms with Gasteiger partial charge in [0.2, 0.25) is 0 Å². The molecule has 1 N–H and O–H groups in total. The molecule has 3 aliphatic rings. The van der Waals surface area contributed by atoms with Crippen molar-refractivity contribution in [3.05, 3.63) is 57.1 Å². The molecule has 0 aliphatic heterocycles. The van der Waals surface area contributed by atoms with Crippen LogP contribution >= 0.6 is 0 Å². The van der Waals surface area contributed by atoms with Crippen LogP contribution in [0.15, 0.2) is 29.1 Å². The molecule has 1 aromatic carbocycles. The molecular formula is C25H27F4N5O. The van der Waals surface area contributed by atoms with Gasteiger partial charge in [0.05, 0.1) is 17.0 Å². The van der Waals surface area contributed by atoms with Crippen molar-refractivity contribution in [1.29, 1.82) is 0 Å². The van der Waals surface area contributed by atoms with Crippen LogP contribution in [0.4, 0.5) is 29.1 Å². The van der Waals surface area contributed by atoms with Gasteiger partial charge in [-0.3, -0.25) is 9.36 Å². The van der Waals surface area contributed by atoms with Gasteiger partial charge in [0, 0.05) is 38.9 Å². The minimum atomic E-state index is -4.45. The Balaban J connectivity index is 1.57. The molecule has 3 saturated carbocycles. The minimum Gasteiger partial charge on any atom is -0.364 e. The number of benzene rings is 1. The largest absolute Gasteiger partial charge is 0.416 e. The van der Waals surface area contributed by atoms with Gasteiger partial charge in [0.25, 0.3) is 5.56 Å². The van der Waals surface area contributed by atoms with E-state index in [1.807, 2.05) is 4.90 Å². The van der Waals surface area contributed by atoms with Crippen LogP contribution in [-0.2, 0) is 13.2 Å². The highest BCUT2D eigenvalue weighted by Gasteiger charge is 2.71. The zero-order chi connectivity index (χ0) is 25.5. The quantitative estimate of drug-likeness (QED) is 0.498. The zero-order valence-electron chi connectivity index (χ0n) is 20.2. The van der Waals surface area contributed by atoms with E-state index in [0.717, 1.165) is 6.07 Å². The average molecular weight is 490 g/mol. The van der Waals surface area contributed by atoms with E-state index < -0.39 is 23.5 Å². The fourth-order valence-electron chi connectivity index (χ4n) is 5.71.